The van der Waals surface area contributed by atoms with Crippen molar-refractivity contribution in [3.05, 3.63) is 0 Å². The second-order valence-electron chi connectivity index (χ2n) is 5.47. The summed E-state index contributed by atoms with van der Waals surface area (Å²) in [6, 6.07) is 0. The number of likely N-dealkylation sites (tertiary alicyclic amines) is 1. The Kier molecular flexibility index (Phi) is 10.4. The van der Waals surface area contributed by atoms with Crippen LogP contribution in [0.25, 0.3) is 0 Å². The molecule has 0 aromatic rings. The van der Waals surface area contributed by atoms with Crippen LogP contribution in [0.3, 0.4) is 0 Å². The molecule has 21 heavy (non-hydrogen) atoms. The van der Waals surface area contributed by atoms with Crippen molar-refractivity contribution in [2.24, 2.45) is 4.99 Å². The number of hydrogen-bond donors (Lipinski definition) is 1. The van der Waals surface area contributed by atoms with Gasteiger partial charge in [-0.1, -0.05) is 0 Å². The van der Waals surface area contributed by atoms with Gasteiger partial charge in [-0.05, 0) is 39.0 Å². The highest BCUT2D eigenvalue weighted by atomic mass is 127. The van der Waals surface area contributed by atoms with Crippen molar-refractivity contribution >= 4 is 29.9 Å². The second-order valence-corrected chi connectivity index (χ2v) is 5.47. The van der Waals surface area contributed by atoms with E-state index in [1.807, 2.05) is 0 Å². The third-order valence-corrected chi connectivity index (χ3v) is 3.83. The molecule has 2 fully saturated rings. The van der Waals surface area contributed by atoms with Crippen molar-refractivity contribution in [2.75, 3.05) is 46.0 Å². The van der Waals surface area contributed by atoms with E-state index in [1.165, 1.54) is 12.8 Å². The Morgan fingerprint density at radius 3 is 2.67 bits per heavy atom. The van der Waals surface area contributed by atoms with Gasteiger partial charge < -0.3 is 19.7 Å². The molecule has 2 saturated heterocycles. The van der Waals surface area contributed by atoms with Crippen molar-refractivity contribution in [3.63, 3.8) is 0 Å². The van der Waals surface area contributed by atoms with E-state index >= 15 is 0 Å². The van der Waals surface area contributed by atoms with Gasteiger partial charge in [0.15, 0.2) is 5.96 Å². The van der Waals surface area contributed by atoms with Crippen LogP contribution in [-0.4, -0.2) is 63.0 Å². The number of rotatable bonds is 6. The molecule has 0 bridgehead atoms. The van der Waals surface area contributed by atoms with Gasteiger partial charge in [0, 0.05) is 46.0 Å². The average Bonchev–Trinajstić information content (AvgIpc) is 3.01. The predicted molar refractivity (Wildman–Crippen MR) is 96.6 cm³/mol. The Morgan fingerprint density at radius 2 is 2.00 bits per heavy atom. The number of guanidine groups is 1. The van der Waals surface area contributed by atoms with Gasteiger partial charge in [0.05, 0.1) is 6.10 Å². The third kappa shape index (κ3) is 7.15. The normalized spacial score (nSPS) is 20.4. The van der Waals surface area contributed by atoms with Crippen molar-refractivity contribution in [1.29, 1.82) is 0 Å². The number of nitrogens with one attached hydrogen (secondary N) is 1. The predicted octanol–water partition coefficient (Wildman–Crippen LogP) is 2.25. The van der Waals surface area contributed by atoms with Gasteiger partial charge >= 0.3 is 0 Å². The Balaban J connectivity index is 0.00000220. The lowest BCUT2D eigenvalue weighted by atomic mass is 10.1. The Bertz CT molecular complexity index is 291. The van der Waals surface area contributed by atoms with Gasteiger partial charge in [-0.3, -0.25) is 4.99 Å². The summed E-state index contributed by atoms with van der Waals surface area (Å²) < 4.78 is 11.2. The molecular weight excluding hydrogens is 381 g/mol. The highest BCUT2D eigenvalue weighted by molar-refractivity contribution is 14.0. The summed E-state index contributed by atoms with van der Waals surface area (Å²) in [5.41, 5.74) is 0. The number of nitrogens with zero attached hydrogens (tertiary/aromatic N) is 2. The maximum absolute atomic E-state index is 5.87. The van der Waals surface area contributed by atoms with Crippen LogP contribution < -0.4 is 5.32 Å². The van der Waals surface area contributed by atoms with Crippen LogP contribution in [0, 0.1) is 0 Å². The molecule has 1 N–H and O–H groups in total. The topological polar surface area (TPSA) is 46.1 Å². The lowest BCUT2D eigenvalue weighted by molar-refractivity contribution is -0.0318. The molecule has 124 valence electrons. The van der Waals surface area contributed by atoms with E-state index in [-0.39, 0.29) is 24.0 Å². The monoisotopic (exact) mass is 411 g/mol. The molecule has 0 amide bonds. The molecule has 2 aliphatic rings. The smallest absolute Gasteiger partial charge is 0.193 e. The fourth-order valence-electron chi connectivity index (χ4n) is 2.70. The molecule has 2 aliphatic heterocycles. The maximum Gasteiger partial charge on any atom is 0.193 e. The molecule has 0 aromatic heterocycles. The van der Waals surface area contributed by atoms with Crippen LogP contribution in [0.15, 0.2) is 4.99 Å². The molecule has 6 heteroatoms. The van der Waals surface area contributed by atoms with Crippen molar-refractivity contribution < 1.29 is 9.47 Å². The van der Waals surface area contributed by atoms with E-state index in [1.54, 1.807) is 0 Å². The van der Waals surface area contributed by atoms with E-state index in [0.717, 1.165) is 71.2 Å². The number of halogens is 1. The maximum atomic E-state index is 5.87. The Hall–Kier alpha value is -0.0800. The van der Waals surface area contributed by atoms with Gasteiger partial charge in [0.1, 0.15) is 0 Å². The average molecular weight is 411 g/mol. The zero-order valence-electron chi connectivity index (χ0n) is 13.2. The highest BCUT2D eigenvalue weighted by Gasteiger charge is 2.15. The minimum atomic E-state index is 0. The standard InChI is InChI=1S/C15H29N3O2.HI/c1-2-16-15(18-9-3-4-10-18)17-8-5-11-20-14-6-12-19-13-7-14;/h14H,2-13H2,1H3,(H,16,17);1H. The van der Waals surface area contributed by atoms with E-state index in [2.05, 4.69) is 17.1 Å². The van der Waals surface area contributed by atoms with Crippen LogP contribution in [0.2, 0.25) is 0 Å². The first-order valence-electron chi connectivity index (χ1n) is 8.12. The summed E-state index contributed by atoms with van der Waals surface area (Å²) >= 11 is 0. The van der Waals surface area contributed by atoms with Crippen LogP contribution in [-0.2, 0) is 9.47 Å². The van der Waals surface area contributed by atoms with Gasteiger partial charge in [0.25, 0.3) is 0 Å². The Labute approximate surface area is 145 Å². The van der Waals surface area contributed by atoms with Crippen LogP contribution in [0.5, 0.6) is 0 Å². The summed E-state index contributed by atoms with van der Waals surface area (Å²) in [6.45, 7) is 8.71. The summed E-state index contributed by atoms with van der Waals surface area (Å²) in [5.74, 6) is 1.08. The highest BCUT2D eigenvalue weighted by Crippen LogP contribution is 2.11. The molecule has 0 unspecified atom stereocenters. The summed E-state index contributed by atoms with van der Waals surface area (Å²) in [4.78, 5) is 7.07. The lowest BCUT2D eigenvalue weighted by Crippen LogP contribution is -2.39. The first kappa shape index (κ1) is 19.0. The first-order valence-corrected chi connectivity index (χ1v) is 8.12. The number of aliphatic imine (C=N–C) groups is 1. The fraction of sp³-hybridized carbons (Fsp3) is 0.933. The summed E-state index contributed by atoms with van der Waals surface area (Å²) in [7, 11) is 0. The quantitative estimate of drug-likeness (QED) is 0.315. The minimum absolute atomic E-state index is 0. The molecule has 5 nitrogen and oxygen atoms in total. The van der Waals surface area contributed by atoms with E-state index in [0.29, 0.717) is 6.10 Å². The molecule has 0 spiro atoms. The van der Waals surface area contributed by atoms with Gasteiger partial charge in [-0.25, -0.2) is 0 Å². The number of hydrogen-bond acceptors (Lipinski definition) is 3. The molecule has 0 atom stereocenters. The third-order valence-electron chi connectivity index (χ3n) is 3.83. The van der Waals surface area contributed by atoms with Crippen molar-refractivity contribution in [1.82, 2.24) is 10.2 Å². The number of ether oxygens (including phenoxy) is 2. The molecule has 2 heterocycles. The molecule has 0 radical (unpaired) electrons. The van der Waals surface area contributed by atoms with Crippen LogP contribution in [0.4, 0.5) is 0 Å². The molecule has 0 aromatic carbocycles. The largest absolute Gasteiger partial charge is 0.381 e. The SMILES string of the molecule is CCNC(=NCCCOC1CCOCC1)N1CCCC1.I. The van der Waals surface area contributed by atoms with Gasteiger partial charge in [0.2, 0.25) is 0 Å². The Morgan fingerprint density at radius 1 is 1.29 bits per heavy atom. The minimum Gasteiger partial charge on any atom is -0.381 e. The van der Waals surface area contributed by atoms with Gasteiger partial charge in [-0.2, -0.15) is 0 Å². The van der Waals surface area contributed by atoms with Crippen LogP contribution in [0.1, 0.15) is 39.0 Å². The second kappa shape index (κ2) is 11.5. The zero-order chi connectivity index (χ0) is 14.0. The molecule has 0 saturated carbocycles. The lowest BCUT2D eigenvalue weighted by Gasteiger charge is -2.22. The van der Waals surface area contributed by atoms with Gasteiger partial charge in [-0.15, -0.1) is 24.0 Å². The van der Waals surface area contributed by atoms with E-state index < -0.39 is 0 Å². The van der Waals surface area contributed by atoms with Crippen molar-refractivity contribution in [3.8, 4) is 0 Å². The van der Waals surface area contributed by atoms with E-state index in [9.17, 15) is 0 Å². The molecule has 2 rings (SSSR count). The zero-order valence-corrected chi connectivity index (χ0v) is 15.5. The molecular formula is C15H30IN3O2. The fourth-order valence-corrected chi connectivity index (χ4v) is 2.70. The molecule has 0 aliphatic carbocycles. The summed E-state index contributed by atoms with van der Waals surface area (Å²) in [5, 5.41) is 3.38. The van der Waals surface area contributed by atoms with Crippen LogP contribution >= 0.6 is 24.0 Å². The summed E-state index contributed by atoms with van der Waals surface area (Å²) in [6.07, 6.45) is 6.06. The first-order chi connectivity index (χ1) is 9.90. The van der Waals surface area contributed by atoms with E-state index in [4.69, 9.17) is 14.5 Å². The van der Waals surface area contributed by atoms with Crippen molar-refractivity contribution in [2.45, 2.75) is 45.1 Å².